The minimum Gasteiger partial charge on any atom is -0.482 e. The van der Waals surface area contributed by atoms with Crippen LogP contribution in [-0.4, -0.2) is 60.7 Å². The zero-order valence-electron chi connectivity index (χ0n) is 22.7. The number of hydrogen-bond acceptors (Lipinski definition) is 6. The lowest BCUT2D eigenvalue weighted by molar-refractivity contribution is -0.125. The second-order valence-corrected chi connectivity index (χ2v) is 11.7. The highest BCUT2D eigenvalue weighted by atomic mass is 16.6. The Hall–Kier alpha value is -2.61. The molecule has 1 aromatic rings. The maximum Gasteiger partial charge on any atom is 0.410 e. The lowest BCUT2D eigenvalue weighted by atomic mass is 9.76. The van der Waals surface area contributed by atoms with Crippen molar-refractivity contribution < 1.29 is 28.6 Å². The third kappa shape index (κ3) is 6.83. The Kier molecular flexibility index (Phi) is 8.78. The van der Waals surface area contributed by atoms with Gasteiger partial charge in [0.25, 0.3) is 0 Å². The van der Waals surface area contributed by atoms with Crippen LogP contribution in [0, 0.1) is 11.8 Å². The summed E-state index contributed by atoms with van der Waals surface area (Å²) in [5.74, 6) is 1.13. The number of hydrogen-bond donors (Lipinski definition) is 1. The Morgan fingerprint density at radius 2 is 1.86 bits per heavy atom. The Labute approximate surface area is 220 Å². The molecule has 3 atom stereocenters. The van der Waals surface area contributed by atoms with Gasteiger partial charge in [-0.2, -0.15) is 0 Å². The van der Waals surface area contributed by atoms with Gasteiger partial charge in [-0.15, -0.1) is 0 Å². The molecule has 0 radical (unpaired) electrons. The molecule has 0 bridgehead atoms. The molecule has 37 heavy (non-hydrogen) atoms. The van der Waals surface area contributed by atoms with Crippen molar-refractivity contribution >= 4 is 23.5 Å². The number of rotatable bonds is 8. The number of methoxy groups -OCH3 is 1. The van der Waals surface area contributed by atoms with E-state index in [-0.39, 0.29) is 17.6 Å². The van der Waals surface area contributed by atoms with Gasteiger partial charge in [-0.05, 0) is 63.6 Å². The molecule has 1 saturated heterocycles. The van der Waals surface area contributed by atoms with Crippen LogP contribution in [0.5, 0.6) is 5.75 Å². The zero-order chi connectivity index (χ0) is 26.6. The smallest absolute Gasteiger partial charge is 0.410 e. The summed E-state index contributed by atoms with van der Waals surface area (Å²) in [5, 5.41) is 3.07. The summed E-state index contributed by atoms with van der Waals surface area (Å²) in [6.07, 6.45) is 7.27. The first-order valence-electron chi connectivity index (χ1n) is 13.8. The Balaban J connectivity index is 1.46. The average Bonchev–Trinajstić information content (AvgIpc) is 3.48. The molecule has 2 heterocycles. The Morgan fingerprint density at radius 3 is 2.57 bits per heavy atom. The number of fused-ring (bicyclic) bond motifs is 1. The van der Waals surface area contributed by atoms with E-state index in [0.29, 0.717) is 49.8 Å². The second kappa shape index (κ2) is 11.8. The lowest BCUT2D eigenvalue weighted by Gasteiger charge is -2.34. The number of nitrogens with one attached hydrogen (secondary N) is 1. The Morgan fingerprint density at radius 1 is 1.11 bits per heavy atom. The van der Waals surface area contributed by atoms with E-state index in [9.17, 15) is 14.4 Å². The number of Topliss-reactive ketones (excluding diaryl/α,β-unsaturated/α-hetero) is 1. The van der Waals surface area contributed by atoms with Gasteiger partial charge in [0.05, 0.1) is 0 Å². The van der Waals surface area contributed by atoms with Crippen LogP contribution in [0.15, 0.2) is 18.2 Å². The third-order valence-corrected chi connectivity index (χ3v) is 7.73. The van der Waals surface area contributed by atoms with E-state index in [2.05, 4.69) is 5.32 Å². The van der Waals surface area contributed by atoms with Crippen LogP contribution in [-0.2, 0) is 25.5 Å². The maximum atomic E-state index is 13.7. The SMILES string of the molecule is COCCCC(=O)C1Cc2cc(NC(=O)[C@@H]3[C@H](C4CCCCC4)CCN3C(=O)OC(C)(C)C)ccc2O1. The molecule has 1 N–H and O–H groups in total. The van der Waals surface area contributed by atoms with Crippen LogP contribution in [0.3, 0.4) is 0 Å². The Bertz CT molecular complexity index is 981. The molecule has 0 aromatic heterocycles. The molecule has 2 amide bonds. The number of likely N-dealkylation sites (tertiary alicyclic amines) is 1. The topological polar surface area (TPSA) is 94.2 Å². The van der Waals surface area contributed by atoms with E-state index < -0.39 is 23.8 Å². The summed E-state index contributed by atoms with van der Waals surface area (Å²) in [6, 6.07) is 4.94. The molecular formula is C29H42N2O6. The fourth-order valence-electron chi connectivity index (χ4n) is 6.01. The van der Waals surface area contributed by atoms with Crippen LogP contribution in [0.25, 0.3) is 0 Å². The number of benzene rings is 1. The zero-order valence-corrected chi connectivity index (χ0v) is 22.7. The summed E-state index contributed by atoms with van der Waals surface area (Å²) in [4.78, 5) is 40.9. The quantitative estimate of drug-likeness (QED) is 0.484. The number of nitrogens with zero attached hydrogens (tertiary/aromatic N) is 1. The molecule has 1 aromatic carbocycles. The first-order valence-corrected chi connectivity index (χ1v) is 13.8. The highest BCUT2D eigenvalue weighted by Gasteiger charge is 2.46. The number of ether oxygens (including phenoxy) is 3. The molecule has 204 valence electrons. The first-order chi connectivity index (χ1) is 17.7. The van der Waals surface area contributed by atoms with Gasteiger partial charge < -0.3 is 19.5 Å². The molecule has 1 saturated carbocycles. The van der Waals surface area contributed by atoms with Gasteiger partial charge in [0.15, 0.2) is 11.9 Å². The highest BCUT2D eigenvalue weighted by Crippen LogP contribution is 2.40. The number of ketones is 1. The second-order valence-electron chi connectivity index (χ2n) is 11.7. The van der Waals surface area contributed by atoms with E-state index in [0.717, 1.165) is 24.8 Å². The fourth-order valence-corrected chi connectivity index (χ4v) is 6.01. The minimum atomic E-state index is -0.626. The minimum absolute atomic E-state index is 0.0631. The summed E-state index contributed by atoms with van der Waals surface area (Å²) in [6.45, 7) is 6.61. The van der Waals surface area contributed by atoms with E-state index in [1.807, 2.05) is 32.9 Å². The van der Waals surface area contributed by atoms with Crippen LogP contribution < -0.4 is 10.1 Å². The number of carbonyl (C=O) groups is 3. The average molecular weight is 515 g/mol. The lowest BCUT2D eigenvalue weighted by Crippen LogP contribution is -2.49. The van der Waals surface area contributed by atoms with Crippen LogP contribution in [0.2, 0.25) is 0 Å². The van der Waals surface area contributed by atoms with Gasteiger partial charge in [-0.25, -0.2) is 4.79 Å². The largest absolute Gasteiger partial charge is 0.482 e. The summed E-state index contributed by atoms with van der Waals surface area (Å²) < 4.78 is 16.6. The third-order valence-electron chi connectivity index (χ3n) is 7.73. The molecule has 1 aliphatic carbocycles. The normalized spacial score (nSPS) is 23.9. The molecule has 3 aliphatic rings. The molecular weight excluding hydrogens is 472 g/mol. The van der Waals surface area contributed by atoms with Crippen molar-refractivity contribution in [3.63, 3.8) is 0 Å². The van der Waals surface area contributed by atoms with Gasteiger partial charge in [0, 0.05) is 44.4 Å². The molecule has 2 fully saturated rings. The standard InChI is InChI=1S/C29H42N2O6/c1-29(2,3)37-28(34)31-15-14-22(19-9-6-5-7-10-19)26(31)27(33)30-21-12-13-24-20(17-21)18-25(36-24)23(32)11-8-16-35-4/h12-13,17,19,22,25-26H,5-11,14-16,18H2,1-4H3,(H,30,33)/t22-,25?,26-/m0/s1. The van der Waals surface area contributed by atoms with Crippen LogP contribution in [0.4, 0.5) is 10.5 Å². The van der Waals surface area contributed by atoms with E-state index in [1.54, 1.807) is 18.1 Å². The predicted octanol–water partition coefficient (Wildman–Crippen LogP) is 5.13. The molecule has 0 spiro atoms. The molecule has 8 nitrogen and oxygen atoms in total. The molecule has 2 aliphatic heterocycles. The van der Waals surface area contributed by atoms with Crippen molar-refractivity contribution in [3.8, 4) is 5.75 Å². The number of anilines is 1. The highest BCUT2D eigenvalue weighted by molar-refractivity contribution is 5.97. The molecule has 4 rings (SSSR count). The van der Waals surface area contributed by atoms with E-state index >= 15 is 0 Å². The summed E-state index contributed by atoms with van der Waals surface area (Å²) in [7, 11) is 1.62. The van der Waals surface area contributed by atoms with Crippen LogP contribution in [0.1, 0.15) is 77.7 Å². The van der Waals surface area contributed by atoms with E-state index in [4.69, 9.17) is 14.2 Å². The van der Waals surface area contributed by atoms with Gasteiger partial charge in [0.1, 0.15) is 17.4 Å². The maximum absolute atomic E-state index is 13.7. The van der Waals surface area contributed by atoms with Crippen molar-refractivity contribution in [1.29, 1.82) is 0 Å². The monoisotopic (exact) mass is 514 g/mol. The van der Waals surface area contributed by atoms with Gasteiger partial charge in [-0.1, -0.05) is 32.1 Å². The van der Waals surface area contributed by atoms with Crippen LogP contribution >= 0.6 is 0 Å². The number of carbonyl (C=O) groups excluding carboxylic acids is 3. The van der Waals surface area contributed by atoms with Crippen molar-refractivity contribution in [2.75, 3.05) is 25.6 Å². The van der Waals surface area contributed by atoms with E-state index in [1.165, 1.54) is 19.3 Å². The summed E-state index contributed by atoms with van der Waals surface area (Å²) in [5.41, 5.74) is 0.930. The van der Waals surface area contributed by atoms with Gasteiger partial charge >= 0.3 is 6.09 Å². The molecule has 1 unspecified atom stereocenters. The van der Waals surface area contributed by atoms with Crippen molar-refractivity contribution in [2.24, 2.45) is 11.8 Å². The fraction of sp³-hybridized carbons (Fsp3) is 0.690. The first kappa shape index (κ1) is 27.4. The van der Waals surface area contributed by atoms with Gasteiger partial charge in [0.2, 0.25) is 5.91 Å². The number of amides is 2. The van der Waals surface area contributed by atoms with Crippen molar-refractivity contribution in [2.45, 2.75) is 96.3 Å². The summed E-state index contributed by atoms with van der Waals surface area (Å²) >= 11 is 0. The van der Waals surface area contributed by atoms with Crippen molar-refractivity contribution in [3.05, 3.63) is 23.8 Å². The van der Waals surface area contributed by atoms with Gasteiger partial charge in [-0.3, -0.25) is 14.5 Å². The predicted molar refractivity (Wildman–Crippen MR) is 141 cm³/mol. The molecule has 8 heteroatoms. The van der Waals surface area contributed by atoms with Crippen molar-refractivity contribution in [1.82, 2.24) is 4.90 Å².